The number of hydrogen-bond donors (Lipinski definition) is 0. The van der Waals surface area contributed by atoms with Crippen LogP contribution in [0, 0.1) is 5.92 Å². The molecule has 1 aliphatic carbocycles. The van der Waals surface area contributed by atoms with Crippen molar-refractivity contribution < 1.29 is 4.79 Å². The van der Waals surface area contributed by atoms with Crippen LogP contribution in [0.2, 0.25) is 0 Å². The normalized spacial score (nSPS) is 23.7. The van der Waals surface area contributed by atoms with Gasteiger partial charge in [0.25, 0.3) is 5.91 Å². The van der Waals surface area contributed by atoms with E-state index in [4.69, 9.17) is 0 Å². The van der Waals surface area contributed by atoms with Gasteiger partial charge in [0.2, 0.25) is 0 Å². The molecular formula is C16H23NO. The Balaban J connectivity index is 1.96. The molecule has 0 heterocycles. The van der Waals surface area contributed by atoms with Crippen LogP contribution < -0.4 is 0 Å². The van der Waals surface area contributed by atoms with E-state index in [9.17, 15) is 4.79 Å². The molecule has 2 nitrogen and oxygen atoms in total. The average Bonchev–Trinajstić information content (AvgIpc) is 2.47. The molecule has 0 atom stereocenters. The highest BCUT2D eigenvalue weighted by atomic mass is 16.2. The van der Waals surface area contributed by atoms with E-state index in [-0.39, 0.29) is 5.91 Å². The van der Waals surface area contributed by atoms with Crippen LogP contribution >= 0.6 is 0 Å². The monoisotopic (exact) mass is 245 g/mol. The maximum Gasteiger partial charge on any atom is 0.253 e. The predicted octanol–water partition coefficient (Wildman–Crippen LogP) is 3.73. The first-order valence-corrected chi connectivity index (χ1v) is 7.04. The van der Waals surface area contributed by atoms with Crippen LogP contribution in [-0.2, 0) is 0 Å². The lowest BCUT2D eigenvalue weighted by atomic mass is 9.84. The summed E-state index contributed by atoms with van der Waals surface area (Å²) in [7, 11) is 1.95. The van der Waals surface area contributed by atoms with E-state index in [0.29, 0.717) is 6.04 Å². The molecule has 1 saturated carbocycles. The summed E-state index contributed by atoms with van der Waals surface area (Å²) in [5.74, 6) is 1.04. The lowest BCUT2D eigenvalue weighted by Gasteiger charge is -2.34. The highest BCUT2D eigenvalue weighted by molar-refractivity contribution is 5.94. The van der Waals surface area contributed by atoms with Gasteiger partial charge in [-0.05, 0) is 43.7 Å². The molecule has 0 saturated heterocycles. The number of benzene rings is 1. The Morgan fingerprint density at radius 3 is 2.33 bits per heavy atom. The van der Waals surface area contributed by atoms with Crippen molar-refractivity contribution in [3.63, 3.8) is 0 Å². The van der Waals surface area contributed by atoms with Gasteiger partial charge in [0.15, 0.2) is 0 Å². The molecule has 1 aromatic rings. The summed E-state index contributed by atoms with van der Waals surface area (Å²) < 4.78 is 0. The average molecular weight is 245 g/mol. The summed E-state index contributed by atoms with van der Waals surface area (Å²) in [6, 6.07) is 10.0. The quantitative estimate of drug-likeness (QED) is 0.794. The van der Waals surface area contributed by atoms with Crippen molar-refractivity contribution in [1.82, 2.24) is 4.90 Å². The first kappa shape index (κ1) is 13.1. The van der Waals surface area contributed by atoms with E-state index in [1.807, 2.05) is 42.3 Å². The Morgan fingerprint density at radius 1 is 1.17 bits per heavy atom. The maximum absolute atomic E-state index is 12.3. The topological polar surface area (TPSA) is 20.3 Å². The van der Waals surface area contributed by atoms with E-state index in [0.717, 1.165) is 24.3 Å². The van der Waals surface area contributed by atoms with E-state index in [1.165, 1.54) is 19.3 Å². The highest BCUT2D eigenvalue weighted by Crippen LogP contribution is 2.29. The van der Waals surface area contributed by atoms with Gasteiger partial charge in [-0.25, -0.2) is 0 Å². The zero-order valence-corrected chi connectivity index (χ0v) is 11.4. The first-order chi connectivity index (χ1) is 8.72. The second kappa shape index (κ2) is 6.03. The second-order valence-electron chi connectivity index (χ2n) is 5.36. The summed E-state index contributed by atoms with van der Waals surface area (Å²) in [6.07, 6.45) is 6.14. The van der Waals surface area contributed by atoms with Crippen molar-refractivity contribution in [3.05, 3.63) is 35.9 Å². The van der Waals surface area contributed by atoms with Crippen molar-refractivity contribution in [3.8, 4) is 0 Å². The van der Waals surface area contributed by atoms with Gasteiger partial charge >= 0.3 is 0 Å². The van der Waals surface area contributed by atoms with Crippen molar-refractivity contribution >= 4 is 5.91 Å². The van der Waals surface area contributed by atoms with E-state index >= 15 is 0 Å². The van der Waals surface area contributed by atoms with Gasteiger partial charge < -0.3 is 4.90 Å². The third-order valence-corrected chi connectivity index (χ3v) is 4.28. The van der Waals surface area contributed by atoms with Crippen molar-refractivity contribution in [1.29, 1.82) is 0 Å². The summed E-state index contributed by atoms with van der Waals surface area (Å²) in [5.41, 5.74) is 0.803. The van der Waals surface area contributed by atoms with E-state index in [2.05, 4.69) is 6.92 Å². The van der Waals surface area contributed by atoms with Gasteiger partial charge in [-0.15, -0.1) is 0 Å². The Bertz CT molecular complexity index is 379. The summed E-state index contributed by atoms with van der Waals surface area (Å²) in [5, 5.41) is 0. The maximum atomic E-state index is 12.3. The summed E-state index contributed by atoms with van der Waals surface area (Å²) >= 11 is 0. The SMILES string of the molecule is CCC1CCC(N(C)C(=O)c2ccccc2)CC1. The largest absolute Gasteiger partial charge is 0.339 e. The molecule has 1 aromatic carbocycles. The fourth-order valence-corrected chi connectivity index (χ4v) is 2.89. The molecule has 1 fully saturated rings. The van der Waals surface area contributed by atoms with E-state index in [1.54, 1.807) is 0 Å². The van der Waals surface area contributed by atoms with Crippen LogP contribution in [0.15, 0.2) is 30.3 Å². The minimum absolute atomic E-state index is 0.163. The molecule has 18 heavy (non-hydrogen) atoms. The summed E-state index contributed by atoms with van der Waals surface area (Å²) in [6.45, 7) is 2.27. The van der Waals surface area contributed by atoms with Crippen molar-refractivity contribution in [2.45, 2.75) is 45.1 Å². The fraction of sp³-hybridized carbons (Fsp3) is 0.562. The predicted molar refractivity (Wildman–Crippen MR) is 74.6 cm³/mol. The molecule has 0 unspecified atom stereocenters. The van der Waals surface area contributed by atoms with Crippen LogP contribution in [0.25, 0.3) is 0 Å². The van der Waals surface area contributed by atoms with Gasteiger partial charge in [0.05, 0.1) is 0 Å². The molecule has 2 rings (SSSR count). The molecule has 0 bridgehead atoms. The molecule has 0 spiro atoms. The molecule has 0 aromatic heterocycles. The Labute approximate surface area is 110 Å². The lowest BCUT2D eigenvalue weighted by Crippen LogP contribution is -2.39. The number of hydrogen-bond acceptors (Lipinski definition) is 1. The van der Waals surface area contributed by atoms with Crippen molar-refractivity contribution in [2.75, 3.05) is 7.05 Å². The highest BCUT2D eigenvalue weighted by Gasteiger charge is 2.26. The van der Waals surface area contributed by atoms with Gasteiger partial charge in [-0.3, -0.25) is 4.79 Å². The molecule has 0 radical (unpaired) electrons. The Hall–Kier alpha value is -1.31. The number of amides is 1. The molecule has 98 valence electrons. The van der Waals surface area contributed by atoms with E-state index < -0.39 is 0 Å². The number of carbonyl (C=O) groups is 1. The first-order valence-electron chi connectivity index (χ1n) is 7.04. The number of carbonyl (C=O) groups excluding carboxylic acids is 1. The molecule has 1 amide bonds. The Morgan fingerprint density at radius 2 is 1.78 bits per heavy atom. The lowest BCUT2D eigenvalue weighted by molar-refractivity contribution is 0.0674. The number of rotatable bonds is 3. The van der Waals surface area contributed by atoms with Crippen LogP contribution in [-0.4, -0.2) is 23.9 Å². The van der Waals surface area contributed by atoms with Crippen LogP contribution in [0.1, 0.15) is 49.4 Å². The molecular weight excluding hydrogens is 222 g/mol. The van der Waals surface area contributed by atoms with Gasteiger partial charge in [-0.1, -0.05) is 31.5 Å². The minimum atomic E-state index is 0.163. The van der Waals surface area contributed by atoms with Crippen LogP contribution in [0.4, 0.5) is 0 Å². The smallest absolute Gasteiger partial charge is 0.253 e. The van der Waals surface area contributed by atoms with Crippen LogP contribution in [0.5, 0.6) is 0 Å². The zero-order valence-electron chi connectivity index (χ0n) is 11.4. The van der Waals surface area contributed by atoms with Gasteiger partial charge in [0, 0.05) is 18.7 Å². The molecule has 2 heteroatoms. The molecule has 1 aliphatic rings. The Kier molecular flexibility index (Phi) is 4.40. The molecule has 0 aliphatic heterocycles. The van der Waals surface area contributed by atoms with Gasteiger partial charge in [0.1, 0.15) is 0 Å². The van der Waals surface area contributed by atoms with Crippen molar-refractivity contribution in [2.24, 2.45) is 5.92 Å². The molecule has 0 N–H and O–H groups in total. The minimum Gasteiger partial charge on any atom is -0.339 e. The third-order valence-electron chi connectivity index (χ3n) is 4.28. The second-order valence-corrected chi connectivity index (χ2v) is 5.36. The van der Waals surface area contributed by atoms with Gasteiger partial charge in [-0.2, -0.15) is 0 Å². The standard InChI is InChI=1S/C16H23NO/c1-3-13-9-11-15(12-10-13)17(2)16(18)14-7-5-4-6-8-14/h4-8,13,15H,3,9-12H2,1-2H3. The third kappa shape index (κ3) is 2.92. The zero-order chi connectivity index (χ0) is 13.0. The van der Waals surface area contributed by atoms with Crippen LogP contribution in [0.3, 0.4) is 0 Å². The number of nitrogens with zero attached hydrogens (tertiary/aromatic N) is 1. The fourth-order valence-electron chi connectivity index (χ4n) is 2.89. The summed E-state index contributed by atoms with van der Waals surface area (Å²) in [4.78, 5) is 14.3.